The van der Waals surface area contributed by atoms with E-state index in [9.17, 15) is 4.79 Å². The second kappa shape index (κ2) is 6.10. The number of hydrogen-bond donors (Lipinski definition) is 2. The van der Waals surface area contributed by atoms with Crippen molar-refractivity contribution in [3.05, 3.63) is 5.01 Å². The van der Waals surface area contributed by atoms with E-state index in [4.69, 9.17) is 0 Å². The number of hydrogen-bond acceptors (Lipinski definition) is 6. The van der Waals surface area contributed by atoms with Gasteiger partial charge in [-0.15, -0.1) is 10.2 Å². The van der Waals surface area contributed by atoms with Crippen molar-refractivity contribution in [1.29, 1.82) is 0 Å². The zero-order valence-electron chi connectivity index (χ0n) is 10.8. The first-order valence-corrected chi connectivity index (χ1v) is 7.14. The van der Waals surface area contributed by atoms with Gasteiger partial charge in [-0.2, -0.15) is 0 Å². The maximum Gasteiger partial charge on any atom is 0.237 e. The lowest BCUT2D eigenvalue weighted by atomic mass is 10.1. The number of aromatic nitrogens is 2. The fourth-order valence-electron chi connectivity index (χ4n) is 2.11. The number of anilines is 1. The molecule has 2 heterocycles. The van der Waals surface area contributed by atoms with Crippen LogP contribution >= 0.6 is 11.3 Å². The molecule has 7 heteroatoms. The quantitative estimate of drug-likeness (QED) is 0.822. The third-order valence-corrected chi connectivity index (χ3v) is 3.83. The van der Waals surface area contributed by atoms with Crippen molar-refractivity contribution in [2.24, 2.45) is 0 Å². The molecular weight excluding hydrogens is 250 g/mol. The Morgan fingerprint density at radius 2 is 2.33 bits per heavy atom. The molecule has 100 valence electrons. The highest BCUT2D eigenvalue weighted by Gasteiger charge is 2.28. The monoisotopic (exact) mass is 269 g/mol. The molecule has 2 N–H and O–H groups in total. The fraction of sp³-hybridized carbons (Fsp3) is 0.727. The summed E-state index contributed by atoms with van der Waals surface area (Å²) in [5, 5.41) is 16.1. The largest absolute Gasteiger partial charge is 0.360 e. The van der Waals surface area contributed by atoms with Crippen LogP contribution in [-0.2, 0) is 11.3 Å². The molecule has 1 aliphatic heterocycles. The Morgan fingerprint density at radius 1 is 1.50 bits per heavy atom. The molecule has 1 aliphatic rings. The average Bonchev–Trinajstić information content (AvgIpc) is 2.77. The summed E-state index contributed by atoms with van der Waals surface area (Å²) >= 11 is 1.56. The van der Waals surface area contributed by atoms with E-state index in [0.717, 1.165) is 29.6 Å². The van der Waals surface area contributed by atoms with Gasteiger partial charge in [0, 0.05) is 19.6 Å². The SMILES string of the molecule is CCNc1nnc(CN2CCNC(=O)C2CC)s1. The van der Waals surface area contributed by atoms with Crippen LogP contribution in [0.2, 0.25) is 0 Å². The summed E-state index contributed by atoms with van der Waals surface area (Å²) in [6.07, 6.45) is 0.824. The number of nitrogens with zero attached hydrogens (tertiary/aromatic N) is 3. The van der Waals surface area contributed by atoms with Gasteiger partial charge in [-0.25, -0.2) is 0 Å². The lowest BCUT2D eigenvalue weighted by molar-refractivity contribution is -0.129. The third-order valence-electron chi connectivity index (χ3n) is 2.96. The van der Waals surface area contributed by atoms with E-state index in [-0.39, 0.29) is 11.9 Å². The average molecular weight is 269 g/mol. The van der Waals surface area contributed by atoms with Crippen LogP contribution < -0.4 is 10.6 Å². The summed E-state index contributed by atoms with van der Waals surface area (Å²) in [4.78, 5) is 13.9. The molecule has 1 saturated heterocycles. The molecule has 1 atom stereocenters. The molecule has 1 unspecified atom stereocenters. The molecule has 1 amide bonds. The van der Waals surface area contributed by atoms with Crippen molar-refractivity contribution in [3.8, 4) is 0 Å². The normalized spacial score (nSPS) is 20.8. The van der Waals surface area contributed by atoms with E-state index in [0.29, 0.717) is 13.1 Å². The first-order valence-electron chi connectivity index (χ1n) is 6.32. The van der Waals surface area contributed by atoms with Crippen LogP contribution in [0.1, 0.15) is 25.3 Å². The molecule has 0 bridgehead atoms. The first-order chi connectivity index (χ1) is 8.74. The highest BCUT2D eigenvalue weighted by molar-refractivity contribution is 7.15. The van der Waals surface area contributed by atoms with E-state index >= 15 is 0 Å². The fourth-order valence-corrected chi connectivity index (χ4v) is 2.94. The highest BCUT2D eigenvalue weighted by atomic mass is 32.1. The molecule has 0 radical (unpaired) electrons. The number of amides is 1. The molecule has 18 heavy (non-hydrogen) atoms. The Kier molecular flexibility index (Phi) is 4.48. The number of rotatable bonds is 5. The second-order valence-corrected chi connectivity index (χ2v) is 5.28. The van der Waals surface area contributed by atoms with Crippen molar-refractivity contribution in [3.63, 3.8) is 0 Å². The van der Waals surface area contributed by atoms with Gasteiger partial charge in [0.1, 0.15) is 5.01 Å². The maximum absolute atomic E-state index is 11.7. The maximum atomic E-state index is 11.7. The van der Waals surface area contributed by atoms with Gasteiger partial charge in [-0.3, -0.25) is 9.69 Å². The summed E-state index contributed by atoms with van der Waals surface area (Å²) in [7, 11) is 0. The molecule has 0 aromatic carbocycles. The molecular formula is C11H19N5OS. The molecule has 1 fully saturated rings. The Bertz CT molecular complexity index is 408. The topological polar surface area (TPSA) is 70.2 Å². The zero-order valence-corrected chi connectivity index (χ0v) is 11.6. The van der Waals surface area contributed by atoms with Crippen molar-refractivity contribution in [2.45, 2.75) is 32.9 Å². The Morgan fingerprint density at radius 3 is 3.06 bits per heavy atom. The predicted molar refractivity (Wildman–Crippen MR) is 71.6 cm³/mol. The van der Waals surface area contributed by atoms with Gasteiger partial charge >= 0.3 is 0 Å². The van der Waals surface area contributed by atoms with Gasteiger partial charge in [-0.05, 0) is 13.3 Å². The van der Waals surface area contributed by atoms with Gasteiger partial charge in [0.15, 0.2) is 0 Å². The smallest absolute Gasteiger partial charge is 0.237 e. The third kappa shape index (κ3) is 2.97. The zero-order chi connectivity index (χ0) is 13.0. The molecule has 0 saturated carbocycles. The van der Waals surface area contributed by atoms with Crippen LogP contribution in [0.3, 0.4) is 0 Å². The lowest BCUT2D eigenvalue weighted by Gasteiger charge is -2.33. The Hall–Kier alpha value is -1.21. The van der Waals surface area contributed by atoms with Crippen molar-refractivity contribution < 1.29 is 4.79 Å². The van der Waals surface area contributed by atoms with E-state index in [1.54, 1.807) is 11.3 Å². The summed E-state index contributed by atoms with van der Waals surface area (Å²) in [5.74, 6) is 0.125. The Balaban J connectivity index is 2.00. The van der Waals surface area contributed by atoms with Crippen molar-refractivity contribution >= 4 is 22.4 Å². The first kappa shape index (κ1) is 13.2. The van der Waals surface area contributed by atoms with E-state index in [1.807, 2.05) is 13.8 Å². The number of carbonyl (C=O) groups is 1. The number of carbonyl (C=O) groups excluding carboxylic acids is 1. The van der Waals surface area contributed by atoms with Gasteiger partial charge in [-0.1, -0.05) is 18.3 Å². The minimum atomic E-state index is -0.0368. The summed E-state index contributed by atoms with van der Waals surface area (Å²) < 4.78 is 0. The number of piperazine rings is 1. The van der Waals surface area contributed by atoms with Crippen LogP contribution in [0.4, 0.5) is 5.13 Å². The molecule has 1 aromatic rings. The van der Waals surface area contributed by atoms with Crippen molar-refractivity contribution in [2.75, 3.05) is 25.0 Å². The van der Waals surface area contributed by atoms with Crippen LogP contribution in [0.5, 0.6) is 0 Å². The molecule has 6 nitrogen and oxygen atoms in total. The number of nitrogens with one attached hydrogen (secondary N) is 2. The minimum absolute atomic E-state index is 0.0368. The van der Waals surface area contributed by atoms with Crippen LogP contribution in [0, 0.1) is 0 Å². The van der Waals surface area contributed by atoms with Crippen molar-refractivity contribution in [1.82, 2.24) is 20.4 Å². The second-order valence-electron chi connectivity index (χ2n) is 4.22. The van der Waals surface area contributed by atoms with Gasteiger partial charge < -0.3 is 10.6 Å². The van der Waals surface area contributed by atoms with E-state index in [2.05, 4.69) is 25.7 Å². The summed E-state index contributed by atoms with van der Waals surface area (Å²) in [6.45, 7) is 7.21. The summed E-state index contributed by atoms with van der Waals surface area (Å²) in [5.41, 5.74) is 0. The molecule has 1 aromatic heterocycles. The van der Waals surface area contributed by atoms with E-state index < -0.39 is 0 Å². The van der Waals surface area contributed by atoms with Gasteiger partial charge in [0.05, 0.1) is 12.6 Å². The molecule has 0 spiro atoms. The molecule has 0 aliphatic carbocycles. The van der Waals surface area contributed by atoms with Gasteiger partial charge in [0.25, 0.3) is 0 Å². The summed E-state index contributed by atoms with van der Waals surface area (Å²) in [6, 6.07) is -0.0368. The molecule has 2 rings (SSSR count). The lowest BCUT2D eigenvalue weighted by Crippen LogP contribution is -2.54. The van der Waals surface area contributed by atoms with E-state index in [1.165, 1.54) is 0 Å². The van der Waals surface area contributed by atoms with Crippen LogP contribution in [0.15, 0.2) is 0 Å². The standard InChI is InChI=1S/C11H19N5OS/c1-3-8-10(17)13-5-6-16(8)7-9-14-15-11(18-9)12-4-2/h8H,3-7H2,1-2H3,(H,12,15)(H,13,17). The minimum Gasteiger partial charge on any atom is -0.360 e. The Labute approximate surface area is 111 Å². The van der Waals surface area contributed by atoms with Gasteiger partial charge in [0.2, 0.25) is 11.0 Å². The van der Waals surface area contributed by atoms with Crippen LogP contribution in [-0.4, -0.2) is 46.7 Å². The van der Waals surface area contributed by atoms with Crippen LogP contribution in [0.25, 0.3) is 0 Å². The highest BCUT2D eigenvalue weighted by Crippen LogP contribution is 2.19. The predicted octanol–water partition coefficient (Wildman–Crippen LogP) is 0.680.